The maximum atomic E-state index is 13.6. The van der Waals surface area contributed by atoms with E-state index in [4.69, 9.17) is 9.52 Å². The Morgan fingerprint density at radius 3 is 2.58 bits per heavy atom. The molecule has 4 aromatic rings. The van der Waals surface area contributed by atoms with Gasteiger partial charge in [0.1, 0.15) is 28.5 Å². The number of amides is 2. The third-order valence-electron chi connectivity index (χ3n) is 8.58. The van der Waals surface area contributed by atoms with E-state index in [-0.39, 0.29) is 29.5 Å². The van der Waals surface area contributed by atoms with Crippen molar-refractivity contribution in [1.82, 2.24) is 30.4 Å². The number of oxazole rings is 1. The van der Waals surface area contributed by atoms with Crippen molar-refractivity contribution in [3.8, 4) is 17.2 Å². The van der Waals surface area contributed by atoms with Gasteiger partial charge in [0.15, 0.2) is 11.5 Å². The van der Waals surface area contributed by atoms with Crippen LogP contribution < -0.4 is 10.6 Å². The molecule has 2 amide bonds. The monoisotopic (exact) mass is 585 g/mol. The number of carbonyl (C=O) groups excluding carboxylic acids is 2. The van der Waals surface area contributed by atoms with Gasteiger partial charge in [0, 0.05) is 11.6 Å². The molecule has 0 bridgehead atoms. The number of aromatic nitrogens is 4. The van der Waals surface area contributed by atoms with E-state index in [1.165, 1.54) is 12.3 Å². The fourth-order valence-electron chi connectivity index (χ4n) is 5.22. The minimum atomic E-state index is -2.69. The molecule has 1 unspecified atom stereocenters. The number of nitrogens with one attached hydrogen (secondary N) is 2. The van der Waals surface area contributed by atoms with Crippen molar-refractivity contribution >= 4 is 22.9 Å². The predicted octanol–water partition coefficient (Wildman–Crippen LogP) is 4.92. The van der Waals surface area contributed by atoms with Crippen molar-refractivity contribution in [2.45, 2.75) is 81.3 Å². The molecule has 2 N–H and O–H groups in total. The van der Waals surface area contributed by atoms with Crippen molar-refractivity contribution < 1.29 is 22.8 Å². The molecule has 0 saturated heterocycles. The maximum Gasteiger partial charge on any atom is 0.280 e. The van der Waals surface area contributed by atoms with E-state index in [2.05, 4.69) is 33.6 Å². The smallest absolute Gasteiger partial charge is 0.280 e. The Hall–Kier alpha value is -4.66. The summed E-state index contributed by atoms with van der Waals surface area (Å²) in [6.45, 7) is 2.13. The van der Waals surface area contributed by atoms with Gasteiger partial charge in [-0.25, -0.2) is 13.8 Å². The number of nitrogens with zero attached hydrogens (tertiary/aromatic N) is 5. The molecule has 3 heterocycles. The number of rotatable bonds is 10. The molecule has 220 valence electrons. The van der Waals surface area contributed by atoms with Crippen molar-refractivity contribution in [3.05, 3.63) is 65.6 Å². The van der Waals surface area contributed by atoms with E-state index < -0.39 is 29.8 Å². The van der Waals surface area contributed by atoms with Gasteiger partial charge in [0.2, 0.25) is 5.91 Å². The fraction of sp³-hybridized carbons (Fsp3) is 0.419. The highest BCUT2D eigenvalue weighted by molar-refractivity contribution is 5.97. The molecule has 0 radical (unpaired) electrons. The largest absolute Gasteiger partial charge is 0.441 e. The first kappa shape index (κ1) is 27.2. The highest BCUT2D eigenvalue weighted by Gasteiger charge is 2.46. The average Bonchev–Trinajstić information content (AvgIpc) is 3.97. The van der Waals surface area contributed by atoms with Crippen LogP contribution in [0.25, 0.3) is 22.2 Å². The van der Waals surface area contributed by atoms with Gasteiger partial charge in [0.25, 0.3) is 12.3 Å². The van der Waals surface area contributed by atoms with Crippen LogP contribution in [-0.4, -0.2) is 43.1 Å². The lowest BCUT2D eigenvalue weighted by Crippen LogP contribution is -2.51. The van der Waals surface area contributed by atoms with Crippen molar-refractivity contribution in [2.75, 3.05) is 0 Å². The molecule has 3 aliphatic carbocycles. The number of nitriles is 1. The van der Waals surface area contributed by atoms with Gasteiger partial charge in [0.05, 0.1) is 24.2 Å². The number of carbonyl (C=O) groups is 2. The molecule has 3 saturated carbocycles. The van der Waals surface area contributed by atoms with Gasteiger partial charge in [-0.1, -0.05) is 13.0 Å². The summed E-state index contributed by atoms with van der Waals surface area (Å²) in [5, 5.41) is 20.0. The van der Waals surface area contributed by atoms with Crippen LogP contribution in [0, 0.1) is 11.3 Å². The van der Waals surface area contributed by atoms with E-state index in [0.717, 1.165) is 31.4 Å². The Balaban J connectivity index is 1.16. The van der Waals surface area contributed by atoms with Crippen LogP contribution in [0.15, 0.2) is 47.0 Å². The first-order chi connectivity index (χ1) is 20.6. The van der Waals surface area contributed by atoms with E-state index in [1.807, 2.05) is 6.07 Å². The minimum absolute atomic E-state index is 0.0224. The molecule has 7 rings (SSSR count). The molecule has 10 nitrogen and oxygen atoms in total. The topological polar surface area (TPSA) is 139 Å². The SMILES string of the molecule is CC1(c2cc(C(=O)NC(Cc3nc4ccc(-c5ccnc(C(F)F)c5)cc4o3)C(=O)NC3(C#N)CC3)n(C3CC3)n2)CC1. The quantitative estimate of drug-likeness (QED) is 0.269. The number of alkyl halides is 2. The molecule has 12 heteroatoms. The summed E-state index contributed by atoms with van der Waals surface area (Å²) in [7, 11) is 0. The highest BCUT2D eigenvalue weighted by Crippen LogP contribution is 2.48. The van der Waals surface area contributed by atoms with Gasteiger partial charge in [-0.05, 0) is 80.0 Å². The summed E-state index contributed by atoms with van der Waals surface area (Å²) >= 11 is 0. The van der Waals surface area contributed by atoms with Gasteiger partial charge >= 0.3 is 0 Å². The fourth-order valence-corrected chi connectivity index (χ4v) is 5.22. The molecule has 1 aromatic carbocycles. The van der Waals surface area contributed by atoms with Crippen LogP contribution in [-0.2, 0) is 16.6 Å². The maximum absolute atomic E-state index is 13.6. The lowest BCUT2D eigenvalue weighted by molar-refractivity contribution is -0.123. The zero-order valence-electron chi connectivity index (χ0n) is 23.4. The second kappa shape index (κ2) is 9.97. The van der Waals surface area contributed by atoms with Gasteiger partial charge in [-0.15, -0.1) is 0 Å². The third kappa shape index (κ3) is 5.35. The van der Waals surface area contributed by atoms with Crippen LogP contribution in [0.2, 0.25) is 0 Å². The van der Waals surface area contributed by atoms with E-state index in [9.17, 15) is 23.6 Å². The summed E-state index contributed by atoms with van der Waals surface area (Å²) < 4.78 is 34.1. The number of hydrogen-bond donors (Lipinski definition) is 2. The molecule has 1 atom stereocenters. The van der Waals surface area contributed by atoms with E-state index in [0.29, 0.717) is 40.8 Å². The Labute approximate surface area is 245 Å². The summed E-state index contributed by atoms with van der Waals surface area (Å²) in [5.74, 6) is -0.722. The molecule has 3 fully saturated rings. The van der Waals surface area contributed by atoms with Crippen LogP contribution in [0.3, 0.4) is 0 Å². The molecule has 43 heavy (non-hydrogen) atoms. The zero-order valence-corrected chi connectivity index (χ0v) is 23.4. The Kier molecular flexibility index (Phi) is 6.30. The van der Waals surface area contributed by atoms with Crippen molar-refractivity contribution in [2.24, 2.45) is 0 Å². The minimum Gasteiger partial charge on any atom is -0.441 e. The number of benzene rings is 1. The summed E-state index contributed by atoms with van der Waals surface area (Å²) in [5.41, 5.74) is 2.12. The predicted molar refractivity (Wildman–Crippen MR) is 150 cm³/mol. The number of hydrogen-bond acceptors (Lipinski definition) is 7. The molecule has 0 aliphatic heterocycles. The average molecular weight is 586 g/mol. The number of halogens is 2. The molecule has 0 spiro atoms. The first-order valence-electron chi connectivity index (χ1n) is 14.4. The summed E-state index contributed by atoms with van der Waals surface area (Å²) in [6, 6.07) is 11.2. The van der Waals surface area contributed by atoms with Crippen molar-refractivity contribution in [1.29, 1.82) is 5.26 Å². The van der Waals surface area contributed by atoms with Gasteiger partial charge < -0.3 is 15.1 Å². The lowest BCUT2D eigenvalue weighted by Gasteiger charge is -2.19. The van der Waals surface area contributed by atoms with Crippen LogP contribution >= 0.6 is 0 Å². The summed E-state index contributed by atoms with van der Waals surface area (Å²) in [6.07, 6.45) is 3.59. The van der Waals surface area contributed by atoms with Gasteiger partial charge in [-0.3, -0.25) is 19.3 Å². The summed E-state index contributed by atoms with van der Waals surface area (Å²) in [4.78, 5) is 35.3. The van der Waals surface area contributed by atoms with Crippen molar-refractivity contribution in [3.63, 3.8) is 0 Å². The zero-order chi connectivity index (χ0) is 29.9. The second-order valence-electron chi connectivity index (χ2n) is 12.1. The van der Waals surface area contributed by atoms with E-state index in [1.54, 1.807) is 28.9 Å². The molecule has 3 aromatic heterocycles. The number of fused-ring (bicyclic) bond motifs is 1. The van der Waals surface area contributed by atoms with Crippen LogP contribution in [0.5, 0.6) is 0 Å². The Morgan fingerprint density at radius 1 is 1.14 bits per heavy atom. The molecule has 3 aliphatic rings. The second-order valence-corrected chi connectivity index (χ2v) is 12.1. The Bertz CT molecular complexity index is 1790. The molecular formula is C31H29F2N7O3. The lowest BCUT2D eigenvalue weighted by atomic mass is 10.1. The van der Waals surface area contributed by atoms with Crippen LogP contribution in [0.1, 0.15) is 85.7 Å². The Morgan fingerprint density at radius 2 is 1.91 bits per heavy atom. The number of pyridine rings is 1. The standard InChI is InChI=1S/C31H29F2N7O3/c1-30(7-8-30)25-15-23(40(39-25)19-3-4-19)29(42)37-22(28(41)38-31(16-34)9-10-31)14-26-36-20-5-2-17(13-24(20)43-26)18-6-11-35-21(12-18)27(32)33/h2,5-6,11-13,15,19,22,27H,3-4,7-10,14H2,1H3,(H,37,42)(H,38,41). The van der Waals surface area contributed by atoms with Gasteiger partial charge in [-0.2, -0.15) is 10.4 Å². The van der Waals surface area contributed by atoms with Crippen LogP contribution in [0.4, 0.5) is 8.78 Å². The highest BCUT2D eigenvalue weighted by atomic mass is 19.3. The first-order valence-corrected chi connectivity index (χ1v) is 14.4. The van der Waals surface area contributed by atoms with E-state index >= 15 is 0 Å². The third-order valence-corrected chi connectivity index (χ3v) is 8.58. The normalized spacial score (nSPS) is 18.7. The molecular weight excluding hydrogens is 556 g/mol.